The molecule has 1 aromatic carbocycles. The number of pyridine rings is 1. The number of carbonyl (C=O) groups is 1. The fraction of sp³-hybridized carbons (Fsp3) is 0.381. The molecule has 6 nitrogen and oxygen atoms in total. The van der Waals surface area contributed by atoms with Crippen LogP contribution in [0.15, 0.2) is 42.6 Å². The molecular weight excluding hydrogens is 340 g/mol. The van der Waals surface area contributed by atoms with Crippen molar-refractivity contribution in [3.63, 3.8) is 0 Å². The van der Waals surface area contributed by atoms with E-state index in [9.17, 15) is 4.79 Å². The van der Waals surface area contributed by atoms with Crippen LogP contribution in [0.2, 0.25) is 0 Å². The number of likely N-dealkylation sites (tertiary alicyclic amines) is 1. The van der Waals surface area contributed by atoms with Crippen LogP contribution in [-0.4, -0.2) is 55.7 Å². The lowest BCUT2D eigenvalue weighted by Crippen LogP contribution is -2.31. The molecule has 1 fully saturated rings. The van der Waals surface area contributed by atoms with Crippen molar-refractivity contribution in [2.24, 2.45) is 5.92 Å². The highest BCUT2D eigenvalue weighted by atomic mass is 16.5. The Bertz CT molecular complexity index is 814. The molecule has 0 spiro atoms. The van der Waals surface area contributed by atoms with Crippen molar-refractivity contribution in [2.75, 3.05) is 39.9 Å². The predicted molar refractivity (Wildman–Crippen MR) is 103 cm³/mol. The number of methoxy groups -OCH3 is 1. The molecule has 0 aliphatic carbocycles. The van der Waals surface area contributed by atoms with Crippen molar-refractivity contribution in [1.29, 1.82) is 5.26 Å². The molecule has 0 saturated carbocycles. The number of amides is 1. The maximum Gasteiger partial charge on any atom is 0.251 e. The normalized spacial score (nSPS) is 16.8. The summed E-state index contributed by atoms with van der Waals surface area (Å²) in [5.41, 5.74) is 2.80. The lowest BCUT2D eigenvalue weighted by Gasteiger charge is -2.15. The van der Waals surface area contributed by atoms with Gasteiger partial charge in [0.1, 0.15) is 11.8 Å². The molecule has 1 saturated heterocycles. The molecule has 1 aliphatic heterocycles. The van der Waals surface area contributed by atoms with Crippen LogP contribution in [-0.2, 0) is 4.74 Å². The van der Waals surface area contributed by atoms with E-state index < -0.39 is 0 Å². The summed E-state index contributed by atoms with van der Waals surface area (Å²) >= 11 is 0. The number of nitriles is 1. The highest BCUT2D eigenvalue weighted by Gasteiger charge is 2.22. The maximum atomic E-state index is 12.5. The van der Waals surface area contributed by atoms with Gasteiger partial charge in [0, 0.05) is 44.1 Å². The number of aromatic nitrogens is 1. The SMILES string of the molecule is COCCN1CC[C@H](CNC(=O)c2cccc(-c3ccc(C#N)nc3)c2)C1. The second-order valence-electron chi connectivity index (χ2n) is 6.78. The zero-order chi connectivity index (χ0) is 19.1. The van der Waals surface area contributed by atoms with Gasteiger partial charge in [0.25, 0.3) is 5.91 Å². The third-order valence-corrected chi connectivity index (χ3v) is 4.87. The van der Waals surface area contributed by atoms with Gasteiger partial charge in [-0.05, 0) is 48.7 Å². The Morgan fingerprint density at radius 1 is 1.37 bits per heavy atom. The van der Waals surface area contributed by atoms with Crippen molar-refractivity contribution in [2.45, 2.75) is 6.42 Å². The van der Waals surface area contributed by atoms with Gasteiger partial charge < -0.3 is 15.0 Å². The largest absolute Gasteiger partial charge is 0.383 e. The lowest BCUT2D eigenvalue weighted by atomic mass is 10.0. The lowest BCUT2D eigenvalue weighted by molar-refractivity contribution is 0.0946. The number of ether oxygens (including phenoxy) is 1. The van der Waals surface area contributed by atoms with Crippen LogP contribution >= 0.6 is 0 Å². The molecule has 0 radical (unpaired) electrons. The molecular formula is C21H24N4O2. The minimum Gasteiger partial charge on any atom is -0.383 e. The predicted octanol–water partition coefficient (Wildman–Crippen LogP) is 2.32. The smallest absolute Gasteiger partial charge is 0.251 e. The Labute approximate surface area is 159 Å². The van der Waals surface area contributed by atoms with Crippen LogP contribution in [0.1, 0.15) is 22.5 Å². The highest BCUT2D eigenvalue weighted by Crippen LogP contribution is 2.20. The van der Waals surface area contributed by atoms with E-state index in [4.69, 9.17) is 10.00 Å². The molecule has 1 N–H and O–H groups in total. The first-order chi connectivity index (χ1) is 13.2. The summed E-state index contributed by atoms with van der Waals surface area (Å²) in [6.45, 7) is 4.44. The van der Waals surface area contributed by atoms with E-state index in [1.165, 1.54) is 0 Å². The summed E-state index contributed by atoms with van der Waals surface area (Å²) in [5.74, 6) is 0.422. The molecule has 2 aromatic rings. The fourth-order valence-corrected chi connectivity index (χ4v) is 3.31. The van der Waals surface area contributed by atoms with E-state index in [0.29, 0.717) is 23.7 Å². The number of hydrogen-bond donors (Lipinski definition) is 1. The Morgan fingerprint density at radius 2 is 2.26 bits per heavy atom. The van der Waals surface area contributed by atoms with E-state index >= 15 is 0 Å². The van der Waals surface area contributed by atoms with E-state index in [1.807, 2.05) is 36.4 Å². The Hall–Kier alpha value is -2.75. The van der Waals surface area contributed by atoms with Crippen LogP contribution in [0.4, 0.5) is 0 Å². The van der Waals surface area contributed by atoms with Crippen LogP contribution in [0.3, 0.4) is 0 Å². The quantitative estimate of drug-likeness (QED) is 0.816. The first kappa shape index (κ1) is 19.0. The van der Waals surface area contributed by atoms with Gasteiger partial charge in [0.05, 0.1) is 6.61 Å². The molecule has 1 aromatic heterocycles. The first-order valence-electron chi connectivity index (χ1n) is 9.15. The fourth-order valence-electron chi connectivity index (χ4n) is 3.31. The van der Waals surface area contributed by atoms with Crippen LogP contribution in [0.25, 0.3) is 11.1 Å². The minimum absolute atomic E-state index is 0.0613. The third-order valence-electron chi connectivity index (χ3n) is 4.87. The zero-order valence-electron chi connectivity index (χ0n) is 15.5. The van der Waals surface area contributed by atoms with E-state index in [0.717, 1.165) is 43.8 Å². The van der Waals surface area contributed by atoms with Gasteiger partial charge in [-0.25, -0.2) is 4.98 Å². The van der Waals surface area contributed by atoms with Gasteiger partial charge >= 0.3 is 0 Å². The van der Waals surface area contributed by atoms with E-state index in [2.05, 4.69) is 15.2 Å². The monoisotopic (exact) mass is 364 g/mol. The second-order valence-corrected chi connectivity index (χ2v) is 6.78. The standard InChI is InChI=1S/C21H24N4O2/c1-27-10-9-25-8-7-16(15-25)13-24-21(26)18-4-2-3-17(11-18)19-5-6-20(12-22)23-14-19/h2-6,11,14,16H,7-10,13,15H2,1H3,(H,24,26)/t16-/m1/s1. The highest BCUT2D eigenvalue weighted by molar-refractivity contribution is 5.95. The number of benzene rings is 1. The van der Waals surface area contributed by atoms with Crippen molar-refractivity contribution >= 4 is 5.91 Å². The van der Waals surface area contributed by atoms with Gasteiger partial charge in [-0.15, -0.1) is 0 Å². The molecule has 1 aliphatic rings. The first-order valence-corrected chi connectivity index (χ1v) is 9.15. The van der Waals surface area contributed by atoms with Crippen LogP contribution in [0.5, 0.6) is 0 Å². The van der Waals surface area contributed by atoms with Gasteiger partial charge in [-0.1, -0.05) is 12.1 Å². The number of nitrogens with zero attached hydrogens (tertiary/aromatic N) is 3. The van der Waals surface area contributed by atoms with Crippen molar-refractivity contribution in [1.82, 2.24) is 15.2 Å². The van der Waals surface area contributed by atoms with Crippen molar-refractivity contribution < 1.29 is 9.53 Å². The number of nitrogens with one attached hydrogen (secondary N) is 1. The van der Waals surface area contributed by atoms with Gasteiger partial charge in [0.2, 0.25) is 0 Å². The molecule has 1 atom stereocenters. The molecule has 0 bridgehead atoms. The van der Waals surface area contributed by atoms with E-state index in [1.54, 1.807) is 19.4 Å². The Kier molecular flexibility index (Phi) is 6.53. The minimum atomic E-state index is -0.0613. The molecule has 1 amide bonds. The average molecular weight is 364 g/mol. The average Bonchev–Trinajstić information content (AvgIpc) is 3.18. The molecule has 0 unspecified atom stereocenters. The van der Waals surface area contributed by atoms with Crippen molar-refractivity contribution in [3.8, 4) is 17.2 Å². The molecule has 27 heavy (non-hydrogen) atoms. The van der Waals surface area contributed by atoms with Gasteiger partial charge in [0.15, 0.2) is 0 Å². The Balaban J connectivity index is 1.57. The summed E-state index contributed by atoms with van der Waals surface area (Å²) in [6, 6.07) is 13.0. The van der Waals surface area contributed by atoms with Crippen LogP contribution in [0, 0.1) is 17.2 Å². The van der Waals surface area contributed by atoms with Crippen molar-refractivity contribution in [3.05, 3.63) is 53.9 Å². The third kappa shape index (κ3) is 5.13. The Morgan fingerprint density at radius 3 is 3.00 bits per heavy atom. The number of rotatable bonds is 7. The summed E-state index contributed by atoms with van der Waals surface area (Å²) in [5, 5.41) is 11.9. The van der Waals surface area contributed by atoms with Gasteiger partial charge in [-0.3, -0.25) is 4.79 Å². The summed E-state index contributed by atoms with van der Waals surface area (Å²) in [4.78, 5) is 19.0. The molecule has 140 valence electrons. The van der Waals surface area contributed by atoms with Gasteiger partial charge in [-0.2, -0.15) is 5.26 Å². The number of carbonyl (C=O) groups excluding carboxylic acids is 1. The molecule has 3 rings (SSSR count). The second kappa shape index (κ2) is 9.26. The maximum absolute atomic E-state index is 12.5. The topological polar surface area (TPSA) is 78.2 Å². The van der Waals surface area contributed by atoms with E-state index in [-0.39, 0.29) is 5.91 Å². The summed E-state index contributed by atoms with van der Waals surface area (Å²) in [6.07, 6.45) is 2.75. The number of hydrogen-bond acceptors (Lipinski definition) is 5. The van der Waals surface area contributed by atoms with Crippen LogP contribution < -0.4 is 5.32 Å². The summed E-state index contributed by atoms with van der Waals surface area (Å²) < 4.78 is 5.12. The molecule has 2 heterocycles. The molecule has 6 heteroatoms. The zero-order valence-corrected chi connectivity index (χ0v) is 15.5. The summed E-state index contributed by atoms with van der Waals surface area (Å²) in [7, 11) is 1.72.